The SMILES string of the molecule is CC(C)(C)[C@@H]1COc2ccccc2N1C(=O)c1ccccc1Cl. The molecule has 0 fully saturated rings. The highest BCUT2D eigenvalue weighted by molar-refractivity contribution is 6.34. The Morgan fingerprint density at radius 2 is 1.78 bits per heavy atom. The number of rotatable bonds is 1. The van der Waals surface area contributed by atoms with Crippen molar-refractivity contribution in [1.29, 1.82) is 0 Å². The van der Waals surface area contributed by atoms with Crippen LogP contribution >= 0.6 is 11.6 Å². The zero-order valence-electron chi connectivity index (χ0n) is 13.5. The van der Waals surface area contributed by atoms with Crippen LogP contribution in [-0.4, -0.2) is 18.6 Å². The van der Waals surface area contributed by atoms with Crippen LogP contribution in [0.15, 0.2) is 48.5 Å². The summed E-state index contributed by atoms with van der Waals surface area (Å²) in [5.74, 6) is 0.639. The van der Waals surface area contributed by atoms with Gasteiger partial charge in [0.15, 0.2) is 0 Å². The number of hydrogen-bond donors (Lipinski definition) is 0. The van der Waals surface area contributed by atoms with Crippen molar-refractivity contribution in [2.75, 3.05) is 11.5 Å². The van der Waals surface area contributed by atoms with Gasteiger partial charge in [0.25, 0.3) is 5.91 Å². The van der Waals surface area contributed by atoms with Crippen molar-refractivity contribution in [3.63, 3.8) is 0 Å². The van der Waals surface area contributed by atoms with Gasteiger partial charge in [-0.25, -0.2) is 0 Å². The van der Waals surface area contributed by atoms with E-state index in [1.807, 2.05) is 41.3 Å². The molecule has 0 spiro atoms. The van der Waals surface area contributed by atoms with Crippen LogP contribution in [0.1, 0.15) is 31.1 Å². The highest BCUT2D eigenvalue weighted by Crippen LogP contribution is 2.40. The van der Waals surface area contributed by atoms with E-state index in [9.17, 15) is 4.79 Å². The van der Waals surface area contributed by atoms with Crippen molar-refractivity contribution in [2.45, 2.75) is 26.8 Å². The molecule has 1 aliphatic heterocycles. The van der Waals surface area contributed by atoms with E-state index in [0.29, 0.717) is 17.2 Å². The molecule has 2 aromatic carbocycles. The third-order valence-corrected chi connectivity index (χ3v) is 4.49. The molecule has 0 saturated heterocycles. The first kappa shape index (κ1) is 15.9. The average Bonchev–Trinajstić information content (AvgIpc) is 2.52. The van der Waals surface area contributed by atoms with Gasteiger partial charge in [0, 0.05) is 0 Å². The summed E-state index contributed by atoms with van der Waals surface area (Å²) >= 11 is 6.25. The lowest BCUT2D eigenvalue weighted by Gasteiger charge is -2.43. The minimum absolute atomic E-state index is 0.0684. The molecule has 0 N–H and O–H groups in total. The number of para-hydroxylation sites is 2. The van der Waals surface area contributed by atoms with Gasteiger partial charge in [-0.05, 0) is 29.7 Å². The maximum Gasteiger partial charge on any atom is 0.260 e. The molecule has 120 valence electrons. The summed E-state index contributed by atoms with van der Waals surface area (Å²) in [5, 5.41) is 0.467. The number of hydrogen-bond acceptors (Lipinski definition) is 2. The maximum absolute atomic E-state index is 13.2. The second-order valence-corrected chi connectivity index (χ2v) is 7.22. The summed E-state index contributed by atoms with van der Waals surface area (Å²) < 4.78 is 5.88. The van der Waals surface area contributed by atoms with Crippen molar-refractivity contribution >= 4 is 23.2 Å². The fourth-order valence-electron chi connectivity index (χ4n) is 2.84. The fourth-order valence-corrected chi connectivity index (χ4v) is 3.06. The molecule has 0 aromatic heterocycles. The number of nitrogens with zero attached hydrogens (tertiary/aromatic N) is 1. The van der Waals surface area contributed by atoms with Crippen LogP contribution in [0.4, 0.5) is 5.69 Å². The Labute approximate surface area is 141 Å². The summed E-state index contributed by atoms with van der Waals surface area (Å²) in [5.41, 5.74) is 1.19. The largest absolute Gasteiger partial charge is 0.489 e. The highest BCUT2D eigenvalue weighted by atomic mass is 35.5. The number of carbonyl (C=O) groups excluding carboxylic acids is 1. The third kappa shape index (κ3) is 2.93. The van der Waals surface area contributed by atoms with E-state index in [4.69, 9.17) is 16.3 Å². The van der Waals surface area contributed by atoms with Gasteiger partial charge in [0.1, 0.15) is 12.4 Å². The molecule has 3 nitrogen and oxygen atoms in total. The molecule has 1 atom stereocenters. The molecule has 4 heteroatoms. The van der Waals surface area contributed by atoms with Crippen molar-refractivity contribution in [2.24, 2.45) is 5.41 Å². The van der Waals surface area contributed by atoms with Crippen LogP contribution in [0.25, 0.3) is 0 Å². The molecular formula is C19H20ClNO2. The number of amides is 1. The van der Waals surface area contributed by atoms with Crippen LogP contribution in [0, 0.1) is 5.41 Å². The molecule has 0 radical (unpaired) electrons. The first-order valence-corrected chi connectivity index (χ1v) is 8.07. The standard InChI is InChI=1S/C19H20ClNO2/c1-19(2,3)17-12-23-16-11-7-6-10-15(16)21(17)18(22)13-8-4-5-9-14(13)20/h4-11,17H,12H2,1-3H3/t17-/m0/s1. The molecule has 3 rings (SSSR count). The quantitative estimate of drug-likeness (QED) is 0.752. The van der Waals surface area contributed by atoms with Crippen molar-refractivity contribution in [1.82, 2.24) is 0 Å². The molecule has 1 heterocycles. The topological polar surface area (TPSA) is 29.5 Å². The summed E-state index contributed by atoms with van der Waals surface area (Å²) in [6.07, 6.45) is 0. The monoisotopic (exact) mass is 329 g/mol. The summed E-state index contributed by atoms with van der Waals surface area (Å²) in [6.45, 7) is 6.81. The molecule has 1 amide bonds. The first-order chi connectivity index (χ1) is 10.9. The van der Waals surface area contributed by atoms with E-state index in [-0.39, 0.29) is 17.4 Å². The first-order valence-electron chi connectivity index (χ1n) is 7.69. The summed E-state index contributed by atoms with van der Waals surface area (Å²) in [6, 6.07) is 14.7. The molecule has 0 aliphatic carbocycles. The second kappa shape index (κ2) is 5.89. The Kier molecular flexibility index (Phi) is 4.07. The van der Waals surface area contributed by atoms with E-state index >= 15 is 0 Å². The lowest BCUT2D eigenvalue weighted by molar-refractivity contribution is 0.0911. The average molecular weight is 330 g/mol. The molecule has 0 saturated carbocycles. The number of anilines is 1. The minimum atomic E-state index is -0.121. The number of carbonyl (C=O) groups is 1. The smallest absolute Gasteiger partial charge is 0.260 e. The van der Waals surface area contributed by atoms with Gasteiger partial charge in [0.2, 0.25) is 0 Å². The van der Waals surface area contributed by atoms with Gasteiger partial charge in [-0.15, -0.1) is 0 Å². The molecule has 1 aliphatic rings. The fraction of sp³-hybridized carbons (Fsp3) is 0.316. The Hall–Kier alpha value is -2.00. The highest BCUT2D eigenvalue weighted by Gasteiger charge is 2.39. The van der Waals surface area contributed by atoms with E-state index in [0.717, 1.165) is 11.4 Å². The van der Waals surface area contributed by atoms with Gasteiger partial charge in [0.05, 0.1) is 22.3 Å². The Morgan fingerprint density at radius 1 is 1.13 bits per heavy atom. The number of fused-ring (bicyclic) bond motifs is 1. The number of halogens is 1. The second-order valence-electron chi connectivity index (χ2n) is 6.82. The normalized spacial score (nSPS) is 17.4. The number of benzene rings is 2. The van der Waals surface area contributed by atoms with E-state index in [2.05, 4.69) is 20.8 Å². The van der Waals surface area contributed by atoms with Gasteiger partial charge in [-0.2, -0.15) is 0 Å². The lowest BCUT2D eigenvalue weighted by Crippen LogP contribution is -2.53. The number of ether oxygens (including phenoxy) is 1. The van der Waals surface area contributed by atoms with Gasteiger partial charge >= 0.3 is 0 Å². The van der Waals surface area contributed by atoms with E-state index < -0.39 is 0 Å². The van der Waals surface area contributed by atoms with Crippen molar-refractivity contribution < 1.29 is 9.53 Å². The molecule has 0 bridgehead atoms. The lowest BCUT2D eigenvalue weighted by atomic mass is 9.84. The van der Waals surface area contributed by atoms with Crippen molar-refractivity contribution in [3.05, 3.63) is 59.1 Å². The molecular weight excluding hydrogens is 310 g/mol. The van der Waals surface area contributed by atoms with E-state index in [1.54, 1.807) is 12.1 Å². The maximum atomic E-state index is 13.2. The zero-order chi connectivity index (χ0) is 16.6. The van der Waals surface area contributed by atoms with Crippen molar-refractivity contribution in [3.8, 4) is 5.75 Å². The van der Waals surface area contributed by atoms with Crippen LogP contribution < -0.4 is 9.64 Å². The third-order valence-electron chi connectivity index (χ3n) is 4.16. The van der Waals surface area contributed by atoms with Crippen LogP contribution in [-0.2, 0) is 0 Å². The Balaban J connectivity index is 2.11. The Morgan fingerprint density at radius 3 is 2.48 bits per heavy atom. The predicted octanol–water partition coefficient (Wildman–Crippen LogP) is 4.79. The summed E-state index contributed by atoms with van der Waals surface area (Å²) in [4.78, 5) is 15.1. The molecule has 23 heavy (non-hydrogen) atoms. The van der Waals surface area contributed by atoms with Crippen LogP contribution in [0.2, 0.25) is 5.02 Å². The molecule has 2 aromatic rings. The minimum Gasteiger partial charge on any atom is -0.489 e. The zero-order valence-corrected chi connectivity index (χ0v) is 14.3. The van der Waals surface area contributed by atoms with Gasteiger partial charge < -0.3 is 4.74 Å². The Bertz CT molecular complexity index is 736. The van der Waals surface area contributed by atoms with Crippen LogP contribution in [0.3, 0.4) is 0 Å². The van der Waals surface area contributed by atoms with Crippen LogP contribution in [0.5, 0.6) is 5.75 Å². The van der Waals surface area contributed by atoms with E-state index in [1.165, 1.54) is 0 Å². The van der Waals surface area contributed by atoms with Gasteiger partial charge in [-0.1, -0.05) is 56.6 Å². The van der Waals surface area contributed by atoms with Gasteiger partial charge in [-0.3, -0.25) is 9.69 Å². The summed E-state index contributed by atoms with van der Waals surface area (Å²) in [7, 11) is 0. The predicted molar refractivity (Wildman–Crippen MR) is 93.4 cm³/mol. The molecule has 0 unspecified atom stereocenters.